The van der Waals surface area contributed by atoms with E-state index in [4.69, 9.17) is 4.98 Å². The molecule has 3 aliphatic rings. The molecule has 1 aliphatic carbocycles. The van der Waals surface area contributed by atoms with E-state index in [9.17, 15) is 4.79 Å². The zero-order valence-corrected chi connectivity index (χ0v) is 13.8. The van der Waals surface area contributed by atoms with Crippen molar-refractivity contribution in [3.63, 3.8) is 0 Å². The Kier molecular flexibility index (Phi) is 4.29. The van der Waals surface area contributed by atoms with Crippen LogP contribution < -0.4 is 5.32 Å². The third-order valence-electron chi connectivity index (χ3n) is 5.64. The molecular formula is C18H26N4O. The highest BCUT2D eigenvalue weighted by atomic mass is 16.2. The van der Waals surface area contributed by atoms with Crippen molar-refractivity contribution in [2.45, 2.75) is 64.0 Å². The number of rotatable bonds is 3. The molecule has 2 fully saturated rings. The molecule has 1 saturated carbocycles. The lowest BCUT2D eigenvalue weighted by Gasteiger charge is -2.26. The van der Waals surface area contributed by atoms with Crippen molar-refractivity contribution in [2.75, 3.05) is 13.1 Å². The number of carbonyl (C=O) groups excluding carboxylic acids is 1. The van der Waals surface area contributed by atoms with Crippen LogP contribution in [0.4, 0.5) is 0 Å². The number of hydrogen-bond acceptors (Lipinski definition) is 4. The van der Waals surface area contributed by atoms with Gasteiger partial charge in [-0.25, -0.2) is 9.97 Å². The maximum atomic E-state index is 12.7. The van der Waals surface area contributed by atoms with E-state index in [1.54, 1.807) is 0 Å². The van der Waals surface area contributed by atoms with E-state index in [1.165, 1.54) is 36.9 Å². The monoisotopic (exact) mass is 314 g/mol. The molecule has 5 nitrogen and oxygen atoms in total. The summed E-state index contributed by atoms with van der Waals surface area (Å²) in [5.74, 6) is 1.80. The van der Waals surface area contributed by atoms with Gasteiger partial charge in [-0.3, -0.25) is 4.79 Å². The number of nitrogens with one attached hydrogen (secondary N) is 1. The van der Waals surface area contributed by atoms with Crippen LogP contribution in [0.25, 0.3) is 0 Å². The molecule has 0 spiro atoms. The van der Waals surface area contributed by atoms with E-state index in [1.807, 2.05) is 6.20 Å². The Labute approximate surface area is 137 Å². The van der Waals surface area contributed by atoms with Gasteiger partial charge in [-0.15, -0.1) is 0 Å². The van der Waals surface area contributed by atoms with E-state index < -0.39 is 0 Å². The van der Waals surface area contributed by atoms with Gasteiger partial charge in [0.1, 0.15) is 0 Å². The van der Waals surface area contributed by atoms with Gasteiger partial charge in [0.15, 0.2) is 5.82 Å². The summed E-state index contributed by atoms with van der Waals surface area (Å²) < 4.78 is 0. The van der Waals surface area contributed by atoms with Gasteiger partial charge < -0.3 is 10.2 Å². The van der Waals surface area contributed by atoms with Crippen molar-refractivity contribution < 1.29 is 4.79 Å². The van der Waals surface area contributed by atoms with Gasteiger partial charge in [-0.2, -0.15) is 0 Å². The van der Waals surface area contributed by atoms with E-state index in [2.05, 4.69) is 15.2 Å². The molecule has 1 saturated heterocycles. The van der Waals surface area contributed by atoms with E-state index in [-0.39, 0.29) is 6.04 Å². The Hall–Kier alpha value is -1.49. The van der Waals surface area contributed by atoms with Crippen molar-refractivity contribution >= 4 is 5.91 Å². The number of amides is 1. The topological polar surface area (TPSA) is 58.1 Å². The molecule has 124 valence electrons. The third kappa shape index (κ3) is 3.11. The predicted octanol–water partition coefficient (Wildman–Crippen LogP) is 2.37. The average molecular weight is 314 g/mol. The Balaban J connectivity index is 1.49. The predicted molar refractivity (Wildman–Crippen MR) is 87.7 cm³/mol. The van der Waals surface area contributed by atoms with Gasteiger partial charge in [0.2, 0.25) is 5.91 Å². The van der Waals surface area contributed by atoms with Crippen molar-refractivity contribution in [1.29, 1.82) is 0 Å². The minimum Gasteiger partial charge on any atom is -0.332 e. The van der Waals surface area contributed by atoms with Crippen molar-refractivity contribution in [3.05, 3.63) is 23.3 Å². The van der Waals surface area contributed by atoms with Crippen LogP contribution in [0.15, 0.2) is 6.20 Å². The van der Waals surface area contributed by atoms with Crippen LogP contribution in [0.3, 0.4) is 0 Å². The Morgan fingerprint density at radius 1 is 1.26 bits per heavy atom. The van der Waals surface area contributed by atoms with Crippen LogP contribution in [0.5, 0.6) is 0 Å². The quantitative estimate of drug-likeness (QED) is 0.930. The summed E-state index contributed by atoms with van der Waals surface area (Å²) in [7, 11) is 0. The van der Waals surface area contributed by atoms with Crippen LogP contribution >= 0.6 is 0 Å². The fraction of sp³-hybridized carbons (Fsp3) is 0.722. The second-order valence-electron chi connectivity index (χ2n) is 7.23. The normalized spacial score (nSPS) is 24.9. The number of likely N-dealkylation sites (tertiary alicyclic amines) is 1. The van der Waals surface area contributed by atoms with Gasteiger partial charge >= 0.3 is 0 Å². The van der Waals surface area contributed by atoms with Gasteiger partial charge in [0, 0.05) is 49.9 Å². The first-order valence-electron chi connectivity index (χ1n) is 9.16. The van der Waals surface area contributed by atoms with E-state index in [0.29, 0.717) is 11.8 Å². The van der Waals surface area contributed by atoms with E-state index >= 15 is 0 Å². The summed E-state index contributed by atoms with van der Waals surface area (Å²) in [6.07, 6.45) is 10.8. The Morgan fingerprint density at radius 2 is 2.13 bits per heavy atom. The minimum atomic E-state index is 0.101. The van der Waals surface area contributed by atoms with Crippen LogP contribution in [0.2, 0.25) is 0 Å². The first-order chi connectivity index (χ1) is 11.3. The number of aromatic nitrogens is 2. The highest BCUT2D eigenvalue weighted by Crippen LogP contribution is 2.34. The fourth-order valence-corrected chi connectivity index (χ4v) is 4.32. The SMILES string of the molecule is O=C(CC1CCCC1)N1CCC[C@@H]1c1ncc2c(n1)CCNC2. The molecule has 1 amide bonds. The Morgan fingerprint density at radius 3 is 3.00 bits per heavy atom. The molecule has 5 heteroatoms. The zero-order valence-electron chi connectivity index (χ0n) is 13.8. The summed E-state index contributed by atoms with van der Waals surface area (Å²) in [5.41, 5.74) is 2.38. The van der Waals surface area contributed by atoms with Gasteiger partial charge in [-0.1, -0.05) is 12.8 Å². The highest BCUT2D eigenvalue weighted by Gasteiger charge is 2.33. The summed E-state index contributed by atoms with van der Waals surface area (Å²) >= 11 is 0. The molecule has 0 unspecified atom stereocenters. The number of hydrogen-bond donors (Lipinski definition) is 1. The summed E-state index contributed by atoms with van der Waals surface area (Å²) in [5, 5.41) is 3.35. The molecule has 2 aliphatic heterocycles. The zero-order chi connectivity index (χ0) is 15.6. The lowest BCUT2D eigenvalue weighted by molar-refractivity contribution is -0.133. The summed E-state index contributed by atoms with van der Waals surface area (Å²) in [6.45, 7) is 2.72. The van der Waals surface area contributed by atoms with Crippen LogP contribution in [0, 0.1) is 5.92 Å². The third-order valence-corrected chi connectivity index (χ3v) is 5.64. The molecular weight excluding hydrogens is 288 g/mol. The van der Waals surface area contributed by atoms with Crippen molar-refractivity contribution in [1.82, 2.24) is 20.2 Å². The second kappa shape index (κ2) is 6.56. The van der Waals surface area contributed by atoms with E-state index in [0.717, 1.165) is 51.1 Å². The minimum absolute atomic E-state index is 0.101. The molecule has 0 aromatic carbocycles. The maximum absolute atomic E-state index is 12.7. The summed E-state index contributed by atoms with van der Waals surface area (Å²) in [6, 6.07) is 0.101. The molecule has 1 aromatic rings. The van der Waals surface area contributed by atoms with Gasteiger partial charge in [-0.05, 0) is 31.6 Å². The first-order valence-corrected chi connectivity index (χ1v) is 9.16. The fourth-order valence-electron chi connectivity index (χ4n) is 4.32. The molecule has 1 aromatic heterocycles. The van der Waals surface area contributed by atoms with Gasteiger partial charge in [0.25, 0.3) is 0 Å². The number of fused-ring (bicyclic) bond motifs is 1. The van der Waals surface area contributed by atoms with Crippen LogP contribution in [-0.4, -0.2) is 33.9 Å². The standard InChI is InChI=1S/C18H26N4O/c23-17(10-13-4-1-2-5-13)22-9-3-6-16(22)18-20-12-14-11-19-8-7-15(14)21-18/h12-13,16,19H,1-11H2/t16-/m1/s1. The first kappa shape index (κ1) is 15.1. The molecule has 3 heterocycles. The van der Waals surface area contributed by atoms with Crippen molar-refractivity contribution in [3.8, 4) is 0 Å². The summed E-state index contributed by atoms with van der Waals surface area (Å²) in [4.78, 5) is 24.2. The maximum Gasteiger partial charge on any atom is 0.223 e. The number of carbonyl (C=O) groups is 1. The van der Waals surface area contributed by atoms with Crippen LogP contribution in [-0.2, 0) is 17.8 Å². The molecule has 0 bridgehead atoms. The van der Waals surface area contributed by atoms with Crippen molar-refractivity contribution in [2.24, 2.45) is 5.92 Å². The molecule has 23 heavy (non-hydrogen) atoms. The molecule has 1 atom stereocenters. The highest BCUT2D eigenvalue weighted by molar-refractivity contribution is 5.77. The largest absolute Gasteiger partial charge is 0.332 e. The van der Waals surface area contributed by atoms with Gasteiger partial charge in [0.05, 0.1) is 6.04 Å². The lowest BCUT2D eigenvalue weighted by atomic mass is 10.0. The van der Waals surface area contributed by atoms with Crippen LogP contribution in [0.1, 0.15) is 68.1 Å². The lowest BCUT2D eigenvalue weighted by Crippen LogP contribution is -2.33. The molecule has 4 rings (SSSR count). The second-order valence-corrected chi connectivity index (χ2v) is 7.23. The molecule has 0 radical (unpaired) electrons. The molecule has 1 N–H and O–H groups in total. The Bertz CT molecular complexity index is 582. The smallest absolute Gasteiger partial charge is 0.223 e. The average Bonchev–Trinajstić information content (AvgIpc) is 3.25. The number of nitrogens with zero attached hydrogens (tertiary/aromatic N) is 3.